The van der Waals surface area contributed by atoms with Gasteiger partial charge in [0.2, 0.25) is 0 Å². The molecule has 6 nitrogen and oxygen atoms in total. The lowest BCUT2D eigenvalue weighted by molar-refractivity contribution is 0.139. The van der Waals surface area contributed by atoms with Gasteiger partial charge in [0, 0.05) is 66.1 Å². The Morgan fingerprint density at radius 3 is 2.43 bits per heavy atom. The Morgan fingerprint density at radius 1 is 1.10 bits per heavy atom. The van der Waals surface area contributed by atoms with Crippen molar-refractivity contribution < 1.29 is 4.74 Å². The summed E-state index contributed by atoms with van der Waals surface area (Å²) in [7, 11) is 1.73. The van der Waals surface area contributed by atoms with Crippen LogP contribution in [0.15, 0.2) is 4.99 Å². The molecule has 124 valence electrons. The van der Waals surface area contributed by atoms with Gasteiger partial charge in [-0.05, 0) is 19.9 Å². The molecule has 0 aliphatic carbocycles. The first-order valence-corrected chi connectivity index (χ1v) is 8.26. The Bertz CT molecular complexity index is 277. The molecule has 2 N–H and O–H groups in total. The second-order valence-corrected chi connectivity index (χ2v) is 5.31. The fraction of sp³-hybridized carbons (Fsp3) is 0.933. The van der Waals surface area contributed by atoms with E-state index in [1.807, 2.05) is 0 Å². The van der Waals surface area contributed by atoms with E-state index in [4.69, 9.17) is 4.74 Å². The Hall–Kier alpha value is -0.850. The number of hydrogen-bond donors (Lipinski definition) is 2. The number of methoxy groups -OCH3 is 1. The SMILES string of the molecule is CCNC(=NCCCOC)NCCN1CCN(CC)CC1. The lowest BCUT2D eigenvalue weighted by Crippen LogP contribution is -2.49. The maximum absolute atomic E-state index is 5.04. The number of hydrogen-bond acceptors (Lipinski definition) is 4. The molecule has 0 saturated carbocycles. The second kappa shape index (κ2) is 11.8. The van der Waals surface area contributed by atoms with Crippen LogP contribution in [0.5, 0.6) is 0 Å². The maximum Gasteiger partial charge on any atom is 0.191 e. The summed E-state index contributed by atoms with van der Waals surface area (Å²) in [6, 6.07) is 0. The average molecular weight is 299 g/mol. The third-order valence-electron chi connectivity index (χ3n) is 3.75. The van der Waals surface area contributed by atoms with E-state index in [0.29, 0.717) is 0 Å². The number of nitrogens with zero attached hydrogens (tertiary/aromatic N) is 3. The van der Waals surface area contributed by atoms with Gasteiger partial charge in [-0.15, -0.1) is 0 Å². The van der Waals surface area contributed by atoms with Gasteiger partial charge in [0.05, 0.1) is 0 Å². The summed E-state index contributed by atoms with van der Waals surface area (Å²) in [6.45, 7) is 14.7. The molecule has 0 amide bonds. The lowest BCUT2D eigenvalue weighted by atomic mass is 10.3. The van der Waals surface area contributed by atoms with E-state index in [0.717, 1.165) is 45.2 Å². The van der Waals surface area contributed by atoms with E-state index >= 15 is 0 Å². The van der Waals surface area contributed by atoms with Crippen LogP contribution in [0.4, 0.5) is 0 Å². The third kappa shape index (κ3) is 8.24. The van der Waals surface area contributed by atoms with E-state index in [9.17, 15) is 0 Å². The highest BCUT2D eigenvalue weighted by atomic mass is 16.5. The van der Waals surface area contributed by atoms with E-state index in [1.165, 1.54) is 32.7 Å². The van der Waals surface area contributed by atoms with Gasteiger partial charge in [-0.25, -0.2) is 0 Å². The number of aliphatic imine (C=N–C) groups is 1. The first kappa shape index (κ1) is 18.2. The highest BCUT2D eigenvalue weighted by molar-refractivity contribution is 5.79. The molecule has 21 heavy (non-hydrogen) atoms. The molecule has 1 heterocycles. The number of rotatable bonds is 9. The predicted molar refractivity (Wildman–Crippen MR) is 89.0 cm³/mol. The molecule has 0 unspecified atom stereocenters. The minimum absolute atomic E-state index is 0.768. The number of nitrogens with one attached hydrogen (secondary N) is 2. The molecule has 1 rings (SSSR count). The summed E-state index contributed by atoms with van der Waals surface area (Å²) < 4.78 is 5.04. The standard InChI is InChI=1S/C15H33N5O/c1-4-16-15(17-7-6-14-21-3)18-8-9-20-12-10-19(5-2)11-13-20/h4-14H2,1-3H3,(H2,16,17,18). The van der Waals surface area contributed by atoms with Crippen molar-refractivity contribution in [2.24, 2.45) is 4.99 Å². The summed E-state index contributed by atoms with van der Waals surface area (Å²) in [5, 5.41) is 6.70. The zero-order valence-electron chi connectivity index (χ0n) is 14.0. The Balaban J connectivity index is 2.17. The van der Waals surface area contributed by atoms with Crippen LogP contribution in [0.1, 0.15) is 20.3 Å². The van der Waals surface area contributed by atoms with Crippen LogP contribution in [0.25, 0.3) is 0 Å². The van der Waals surface area contributed by atoms with Gasteiger partial charge in [-0.3, -0.25) is 9.89 Å². The van der Waals surface area contributed by atoms with Gasteiger partial charge in [-0.2, -0.15) is 0 Å². The smallest absolute Gasteiger partial charge is 0.191 e. The molecule has 0 atom stereocenters. The quantitative estimate of drug-likeness (QED) is 0.362. The fourth-order valence-corrected chi connectivity index (χ4v) is 2.40. The molecule has 0 radical (unpaired) electrons. The van der Waals surface area contributed by atoms with Gasteiger partial charge in [-0.1, -0.05) is 6.92 Å². The van der Waals surface area contributed by atoms with Crippen LogP contribution < -0.4 is 10.6 Å². The average Bonchev–Trinajstić information content (AvgIpc) is 2.52. The fourth-order valence-electron chi connectivity index (χ4n) is 2.40. The van der Waals surface area contributed by atoms with Crippen molar-refractivity contribution in [3.8, 4) is 0 Å². The van der Waals surface area contributed by atoms with E-state index < -0.39 is 0 Å². The topological polar surface area (TPSA) is 52.1 Å². The number of likely N-dealkylation sites (N-methyl/N-ethyl adjacent to an activating group) is 1. The van der Waals surface area contributed by atoms with Crippen LogP contribution >= 0.6 is 0 Å². The van der Waals surface area contributed by atoms with Crippen molar-refractivity contribution in [2.45, 2.75) is 20.3 Å². The molecular formula is C15H33N5O. The molecule has 6 heteroatoms. The molecule has 0 bridgehead atoms. The normalized spacial score (nSPS) is 18.0. The van der Waals surface area contributed by atoms with Gasteiger partial charge < -0.3 is 20.3 Å². The summed E-state index contributed by atoms with van der Waals surface area (Å²) in [5.74, 6) is 0.917. The van der Waals surface area contributed by atoms with E-state index in [-0.39, 0.29) is 0 Å². The monoisotopic (exact) mass is 299 g/mol. The van der Waals surface area contributed by atoms with Gasteiger partial charge in [0.25, 0.3) is 0 Å². The highest BCUT2D eigenvalue weighted by Gasteiger charge is 2.14. The second-order valence-electron chi connectivity index (χ2n) is 5.31. The van der Waals surface area contributed by atoms with Gasteiger partial charge >= 0.3 is 0 Å². The highest BCUT2D eigenvalue weighted by Crippen LogP contribution is 1.99. The molecule has 0 spiro atoms. The minimum atomic E-state index is 0.768. The van der Waals surface area contributed by atoms with Crippen molar-refractivity contribution in [1.82, 2.24) is 20.4 Å². The minimum Gasteiger partial charge on any atom is -0.385 e. The zero-order valence-corrected chi connectivity index (χ0v) is 14.0. The van der Waals surface area contributed by atoms with Crippen LogP contribution in [0, 0.1) is 0 Å². The summed E-state index contributed by atoms with van der Waals surface area (Å²) >= 11 is 0. The van der Waals surface area contributed by atoms with Crippen molar-refractivity contribution >= 4 is 5.96 Å². The zero-order chi connectivity index (χ0) is 15.3. The first-order valence-electron chi connectivity index (χ1n) is 8.26. The first-order chi connectivity index (χ1) is 10.3. The van der Waals surface area contributed by atoms with Gasteiger partial charge in [0.1, 0.15) is 0 Å². The predicted octanol–water partition coefficient (Wildman–Crippen LogP) is 0.216. The molecule has 0 aromatic rings. The number of ether oxygens (including phenoxy) is 1. The van der Waals surface area contributed by atoms with Gasteiger partial charge in [0.15, 0.2) is 5.96 Å². The maximum atomic E-state index is 5.04. The Morgan fingerprint density at radius 2 is 1.81 bits per heavy atom. The van der Waals surface area contributed by atoms with E-state index in [1.54, 1.807) is 7.11 Å². The number of piperazine rings is 1. The summed E-state index contributed by atoms with van der Waals surface area (Å²) in [5.41, 5.74) is 0. The van der Waals surface area contributed by atoms with Crippen LogP contribution in [0.2, 0.25) is 0 Å². The Kier molecular flexibility index (Phi) is 10.2. The molecule has 1 fully saturated rings. The summed E-state index contributed by atoms with van der Waals surface area (Å²) in [6.07, 6.45) is 0.964. The molecule has 1 aliphatic heterocycles. The lowest BCUT2D eigenvalue weighted by Gasteiger charge is -2.34. The Labute approximate surface area is 129 Å². The van der Waals surface area contributed by atoms with Crippen molar-refractivity contribution in [1.29, 1.82) is 0 Å². The molecule has 0 aromatic heterocycles. The van der Waals surface area contributed by atoms with Crippen molar-refractivity contribution in [3.63, 3.8) is 0 Å². The largest absolute Gasteiger partial charge is 0.385 e. The van der Waals surface area contributed by atoms with E-state index in [2.05, 4.69) is 39.3 Å². The molecule has 1 saturated heterocycles. The molecule has 0 aromatic carbocycles. The number of guanidine groups is 1. The third-order valence-corrected chi connectivity index (χ3v) is 3.75. The summed E-state index contributed by atoms with van der Waals surface area (Å²) in [4.78, 5) is 9.57. The van der Waals surface area contributed by atoms with Crippen LogP contribution in [-0.4, -0.2) is 88.4 Å². The van der Waals surface area contributed by atoms with Crippen LogP contribution in [0.3, 0.4) is 0 Å². The molecular weight excluding hydrogens is 266 g/mol. The molecule has 1 aliphatic rings. The van der Waals surface area contributed by atoms with Crippen LogP contribution in [-0.2, 0) is 4.74 Å². The van der Waals surface area contributed by atoms with Crippen molar-refractivity contribution in [3.05, 3.63) is 0 Å². The van der Waals surface area contributed by atoms with Crippen molar-refractivity contribution in [2.75, 3.05) is 72.6 Å².